The van der Waals surface area contributed by atoms with Gasteiger partial charge in [-0.1, -0.05) is 12.1 Å². The fourth-order valence-corrected chi connectivity index (χ4v) is 2.33. The van der Waals surface area contributed by atoms with Crippen LogP contribution in [0.5, 0.6) is 5.75 Å². The zero-order valence-corrected chi connectivity index (χ0v) is 10.1. The van der Waals surface area contributed by atoms with Crippen molar-refractivity contribution >= 4 is 0 Å². The van der Waals surface area contributed by atoms with E-state index in [9.17, 15) is 0 Å². The van der Waals surface area contributed by atoms with E-state index >= 15 is 0 Å². The summed E-state index contributed by atoms with van der Waals surface area (Å²) in [4.78, 5) is 0. The van der Waals surface area contributed by atoms with Crippen LogP contribution in [0.15, 0.2) is 24.3 Å². The Morgan fingerprint density at radius 2 is 2.06 bits per heavy atom. The number of hydrogen-bond donors (Lipinski definition) is 1. The Balaban J connectivity index is 2.05. The van der Waals surface area contributed by atoms with E-state index in [-0.39, 0.29) is 0 Å². The minimum atomic E-state index is 0.645. The van der Waals surface area contributed by atoms with Gasteiger partial charge in [0.1, 0.15) is 5.75 Å². The molecule has 1 aromatic rings. The standard InChI is InChI=1S/C13H20N2O/c1-14-15-9-3-4-12(10-15)11-5-7-13(16-2)8-6-11/h5-8,12,14H,3-4,9-10H2,1-2H3. The number of rotatable bonds is 3. The number of nitrogens with one attached hydrogen (secondary N) is 1. The molecule has 1 atom stereocenters. The SMILES string of the molecule is CNN1CCCC(c2ccc(OC)cc2)C1. The van der Waals surface area contributed by atoms with Gasteiger partial charge < -0.3 is 4.74 Å². The van der Waals surface area contributed by atoms with Gasteiger partial charge in [0.2, 0.25) is 0 Å². The predicted molar refractivity (Wildman–Crippen MR) is 65.6 cm³/mol. The summed E-state index contributed by atoms with van der Waals surface area (Å²) in [6.07, 6.45) is 2.54. The summed E-state index contributed by atoms with van der Waals surface area (Å²) in [5.41, 5.74) is 4.65. The molecule has 0 radical (unpaired) electrons. The summed E-state index contributed by atoms with van der Waals surface area (Å²) in [6.45, 7) is 2.26. The molecule has 0 spiro atoms. The van der Waals surface area contributed by atoms with Crippen molar-refractivity contribution in [3.8, 4) is 5.75 Å². The fourth-order valence-electron chi connectivity index (χ4n) is 2.33. The summed E-state index contributed by atoms with van der Waals surface area (Å²) in [5.74, 6) is 1.58. The van der Waals surface area contributed by atoms with Crippen LogP contribution in [0.25, 0.3) is 0 Å². The Morgan fingerprint density at radius 1 is 1.31 bits per heavy atom. The van der Waals surface area contributed by atoms with Crippen molar-refractivity contribution in [3.63, 3.8) is 0 Å². The number of benzene rings is 1. The fraction of sp³-hybridized carbons (Fsp3) is 0.538. The molecule has 0 bridgehead atoms. The molecule has 2 rings (SSSR count). The third-order valence-corrected chi connectivity index (χ3v) is 3.32. The van der Waals surface area contributed by atoms with E-state index in [2.05, 4.69) is 22.6 Å². The first kappa shape index (κ1) is 11.4. The number of hydrogen-bond acceptors (Lipinski definition) is 3. The molecule has 16 heavy (non-hydrogen) atoms. The largest absolute Gasteiger partial charge is 0.497 e. The first-order valence-corrected chi connectivity index (χ1v) is 5.89. The quantitative estimate of drug-likeness (QED) is 0.843. The molecule has 1 heterocycles. The highest BCUT2D eigenvalue weighted by Crippen LogP contribution is 2.27. The van der Waals surface area contributed by atoms with Crippen molar-refractivity contribution in [3.05, 3.63) is 29.8 Å². The monoisotopic (exact) mass is 220 g/mol. The lowest BCUT2D eigenvalue weighted by molar-refractivity contribution is 0.154. The first-order chi connectivity index (χ1) is 7.83. The van der Waals surface area contributed by atoms with Gasteiger partial charge in [-0.25, -0.2) is 5.01 Å². The van der Waals surface area contributed by atoms with Gasteiger partial charge in [0.05, 0.1) is 7.11 Å². The lowest BCUT2D eigenvalue weighted by atomic mass is 9.91. The molecular weight excluding hydrogens is 200 g/mol. The maximum atomic E-state index is 5.18. The Labute approximate surface area is 97.4 Å². The van der Waals surface area contributed by atoms with Gasteiger partial charge in [0, 0.05) is 13.1 Å². The molecule has 0 saturated carbocycles. The Morgan fingerprint density at radius 3 is 2.69 bits per heavy atom. The van der Waals surface area contributed by atoms with Crippen LogP contribution >= 0.6 is 0 Å². The first-order valence-electron chi connectivity index (χ1n) is 5.89. The third-order valence-electron chi connectivity index (χ3n) is 3.32. The summed E-state index contributed by atoms with van der Waals surface area (Å²) in [7, 11) is 3.70. The van der Waals surface area contributed by atoms with Gasteiger partial charge in [-0.15, -0.1) is 0 Å². The second kappa shape index (κ2) is 5.32. The van der Waals surface area contributed by atoms with E-state index in [4.69, 9.17) is 4.74 Å². The van der Waals surface area contributed by atoms with E-state index in [1.54, 1.807) is 7.11 Å². The number of nitrogens with zero attached hydrogens (tertiary/aromatic N) is 1. The number of methoxy groups -OCH3 is 1. The molecule has 1 N–H and O–H groups in total. The molecule has 3 heteroatoms. The summed E-state index contributed by atoms with van der Waals surface area (Å²) >= 11 is 0. The van der Waals surface area contributed by atoms with Crippen molar-refractivity contribution in [2.45, 2.75) is 18.8 Å². The topological polar surface area (TPSA) is 24.5 Å². The molecule has 88 valence electrons. The maximum absolute atomic E-state index is 5.18. The van der Waals surface area contributed by atoms with Gasteiger partial charge in [-0.05, 0) is 43.5 Å². The minimum Gasteiger partial charge on any atom is -0.497 e. The Kier molecular flexibility index (Phi) is 3.80. The lowest BCUT2D eigenvalue weighted by Crippen LogP contribution is -2.42. The molecule has 0 aromatic heterocycles. The minimum absolute atomic E-state index is 0.645. The van der Waals surface area contributed by atoms with Gasteiger partial charge >= 0.3 is 0 Å². The number of piperidine rings is 1. The van der Waals surface area contributed by atoms with E-state index in [0.717, 1.165) is 18.8 Å². The highest BCUT2D eigenvalue weighted by atomic mass is 16.5. The molecule has 1 fully saturated rings. The van der Waals surface area contributed by atoms with Crippen LogP contribution in [0.3, 0.4) is 0 Å². The van der Waals surface area contributed by atoms with Gasteiger partial charge in [-0.3, -0.25) is 5.43 Å². The molecule has 1 aliphatic rings. The van der Waals surface area contributed by atoms with Crippen molar-refractivity contribution in [2.75, 3.05) is 27.2 Å². The summed E-state index contributed by atoms with van der Waals surface area (Å²) < 4.78 is 5.18. The molecule has 1 aliphatic heterocycles. The number of hydrazine groups is 1. The molecule has 1 aromatic carbocycles. The van der Waals surface area contributed by atoms with Crippen molar-refractivity contribution in [1.82, 2.24) is 10.4 Å². The normalized spacial score (nSPS) is 22.0. The molecular formula is C13H20N2O. The smallest absolute Gasteiger partial charge is 0.118 e. The lowest BCUT2D eigenvalue weighted by Gasteiger charge is -2.32. The highest BCUT2D eigenvalue weighted by molar-refractivity contribution is 5.29. The summed E-state index contributed by atoms with van der Waals surface area (Å²) in [5, 5.41) is 2.29. The predicted octanol–water partition coefficient (Wildman–Crippen LogP) is 2.01. The molecule has 1 unspecified atom stereocenters. The average molecular weight is 220 g/mol. The second-order valence-electron chi connectivity index (χ2n) is 4.28. The van der Waals surface area contributed by atoms with Crippen molar-refractivity contribution < 1.29 is 4.74 Å². The van der Waals surface area contributed by atoms with Crippen LogP contribution in [-0.2, 0) is 0 Å². The maximum Gasteiger partial charge on any atom is 0.118 e. The van der Waals surface area contributed by atoms with Crippen molar-refractivity contribution in [1.29, 1.82) is 0 Å². The Hall–Kier alpha value is -1.06. The van der Waals surface area contributed by atoms with E-state index < -0.39 is 0 Å². The third kappa shape index (κ3) is 2.54. The molecule has 3 nitrogen and oxygen atoms in total. The van der Waals surface area contributed by atoms with Gasteiger partial charge in [0.25, 0.3) is 0 Å². The zero-order chi connectivity index (χ0) is 11.4. The van der Waals surface area contributed by atoms with Crippen LogP contribution < -0.4 is 10.2 Å². The molecule has 1 saturated heterocycles. The highest BCUT2D eigenvalue weighted by Gasteiger charge is 2.20. The van der Waals surface area contributed by atoms with Crippen LogP contribution in [0.2, 0.25) is 0 Å². The van der Waals surface area contributed by atoms with Crippen LogP contribution in [0.4, 0.5) is 0 Å². The molecule has 0 amide bonds. The van der Waals surface area contributed by atoms with Crippen LogP contribution in [0, 0.1) is 0 Å². The van der Waals surface area contributed by atoms with Gasteiger partial charge in [-0.2, -0.15) is 0 Å². The number of ether oxygens (including phenoxy) is 1. The van der Waals surface area contributed by atoms with E-state index in [1.165, 1.54) is 18.4 Å². The summed E-state index contributed by atoms with van der Waals surface area (Å²) in [6, 6.07) is 8.46. The van der Waals surface area contributed by atoms with Crippen LogP contribution in [-0.4, -0.2) is 32.3 Å². The Bertz CT molecular complexity index is 323. The average Bonchev–Trinajstić information content (AvgIpc) is 2.39. The van der Waals surface area contributed by atoms with Crippen molar-refractivity contribution in [2.24, 2.45) is 0 Å². The zero-order valence-electron chi connectivity index (χ0n) is 10.1. The molecule has 0 aliphatic carbocycles. The van der Waals surface area contributed by atoms with E-state index in [0.29, 0.717) is 5.92 Å². The van der Waals surface area contributed by atoms with Crippen LogP contribution in [0.1, 0.15) is 24.3 Å². The van der Waals surface area contributed by atoms with Gasteiger partial charge in [0.15, 0.2) is 0 Å². The van der Waals surface area contributed by atoms with E-state index in [1.807, 2.05) is 19.2 Å². The second-order valence-corrected chi connectivity index (χ2v) is 4.28.